The predicted octanol–water partition coefficient (Wildman–Crippen LogP) is 4.85. The molecule has 0 spiro atoms. The largest absolute Gasteiger partial charge is 0.454 e. The van der Waals surface area contributed by atoms with Crippen molar-refractivity contribution in [1.29, 1.82) is 0 Å². The van der Waals surface area contributed by atoms with Crippen LogP contribution < -0.4 is 20.1 Å². The number of amides is 2. The quantitative estimate of drug-likeness (QED) is 0.382. The van der Waals surface area contributed by atoms with E-state index in [2.05, 4.69) is 20.8 Å². The van der Waals surface area contributed by atoms with Gasteiger partial charge in [-0.05, 0) is 61.7 Å². The summed E-state index contributed by atoms with van der Waals surface area (Å²) in [7, 11) is 0. The Kier molecular flexibility index (Phi) is 8.05. The molecule has 0 fully saturated rings. The highest BCUT2D eigenvalue weighted by molar-refractivity contribution is 7.99. The van der Waals surface area contributed by atoms with Gasteiger partial charge in [0.05, 0.1) is 11.8 Å². The first-order chi connectivity index (χ1) is 17.3. The van der Waals surface area contributed by atoms with Crippen molar-refractivity contribution in [1.82, 2.24) is 20.1 Å². The molecule has 36 heavy (non-hydrogen) atoms. The number of fused-ring (bicyclic) bond motifs is 1. The molecule has 1 aliphatic heterocycles. The number of carbonyl (C=O) groups is 2. The molecule has 2 heterocycles. The number of ether oxygens (including phenoxy) is 2. The second kappa shape index (κ2) is 11.2. The zero-order valence-corrected chi connectivity index (χ0v) is 22.1. The van der Waals surface area contributed by atoms with Gasteiger partial charge in [-0.2, -0.15) is 0 Å². The van der Waals surface area contributed by atoms with Gasteiger partial charge in [0.2, 0.25) is 12.7 Å². The third-order valence-electron chi connectivity index (χ3n) is 5.72. The second-order valence-electron chi connectivity index (χ2n) is 8.64. The summed E-state index contributed by atoms with van der Waals surface area (Å²) in [5, 5.41) is 15.9. The lowest BCUT2D eigenvalue weighted by molar-refractivity contribution is -0.113. The number of benzene rings is 2. The number of halogens is 1. The van der Waals surface area contributed by atoms with E-state index in [1.807, 2.05) is 32.3 Å². The monoisotopic (exact) mass is 529 g/mol. The van der Waals surface area contributed by atoms with E-state index >= 15 is 0 Å². The maximum Gasteiger partial charge on any atom is 0.252 e. The zero-order valence-electron chi connectivity index (χ0n) is 20.5. The number of nitrogens with zero attached hydrogens (tertiary/aromatic N) is 3. The van der Waals surface area contributed by atoms with Crippen LogP contribution in [0.5, 0.6) is 11.5 Å². The van der Waals surface area contributed by atoms with Crippen LogP contribution in [-0.4, -0.2) is 39.1 Å². The van der Waals surface area contributed by atoms with Gasteiger partial charge in [-0.25, -0.2) is 0 Å². The average molecular weight is 530 g/mol. The lowest BCUT2D eigenvalue weighted by Gasteiger charge is -2.22. The van der Waals surface area contributed by atoms with Crippen molar-refractivity contribution in [3.63, 3.8) is 0 Å². The van der Waals surface area contributed by atoms with E-state index in [-0.39, 0.29) is 36.3 Å². The van der Waals surface area contributed by atoms with E-state index in [4.69, 9.17) is 21.1 Å². The number of thioether (sulfide) groups is 1. The Bertz CT molecular complexity index is 1280. The molecule has 0 saturated carbocycles. The number of carbonyl (C=O) groups excluding carboxylic acids is 2. The SMILES string of the molecule is CCn1c(SCC(=O)Nc2ccc(Cl)cc2C)nnc1C(NC(=O)c1ccc2c(c1)OCO2)C(C)C. The molecule has 190 valence electrons. The number of hydrogen-bond donors (Lipinski definition) is 2. The van der Waals surface area contributed by atoms with E-state index in [0.717, 1.165) is 5.56 Å². The lowest BCUT2D eigenvalue weighted by Crippen LogP contribution is -2.33. The first-order valence-corrected chi connectivity index (χ1v) is 13.0. The Balaban J connectivity index is 1.45. The second-order valence-corrected chi connectivity index (χ2v) is 10.0. The molecule has 1 unspecified atom stereocenters. The molecular weight excluding hydrogens is 502 g/mol. The van der Waals surface area contributed by atoms with E-state index in [1.165, 1.54) is 11.8 Å². The number of hydrogen-bond acceptors (Lipinski definition) is 7. The highest BCUT2D eigenvalue weighted by atomic mass is 35.5. The number of anilines is 1. The van der Waals surface area contributed by atoms with Gasteiger partial charge >= 0.3 is 0 Å². The highest BCUT2D eigenvalue weighted by Crippen LogP contribution is 2.33. The number of nitrogens with one attached hydrogen (secondary N) is 2. The Hall–Kier alpha value is -3.24. The highest BCUT2D eigenvalue weighted by Gasteiger charge is 2.27. The number of aryl methyl sites for hydroxylation is 1. The molecule has 1 atom stereocenters. The summed E-state index contributed by atoms with van der Waals surface area (Å²) in [6.45, 7) is 8.61. The van der Waals surface area contributed by atoms with E-state index < -0.39 is 0 Å². The van der Waals surface area contributed by atoms with Gasteiger partial charge in [0.25, 0.3) is 5.91 Å². The summed E-state index contributed by atoms with van der Waals surface area (Å²) in [5.41, 5.74) is 2.07. The molecule has 0 radical (unpaired) electrons. The Labute approximate surface area is 218 Å². The topological polar surface area (TPSA) is 107 Å². The van der Waals surface area contributed by atoms with Crippen LogP contribution in [0.25, 0.3) is 0 Å². The van der Waals surface area contributed by atoms with Crippen molar-refractivity contribution in [2.45, 2.75) is 45.4 Å². The molecule has 3 aromatic rings. The molecule has 1 aliphatic rings. The summed E-state index contributed by atoms with van der Waals surface area (Å²) in [5.74, 6) is 1.61. The fourth-order valence-corrected chi connectivity index (χ4v) is 4.85. The minimum atomic E-state index is -0.379. The first kappa shape index (κ1) is 25.8. The van der Waals surface area contributed by atoms with Crippen molar-refractivity contribution in [3.05, 3.63) is 58.4 Å². The van der Waals surface area contributed by atoms with Crippen LogP contribution in [0.1, 0.15) is 48.6 Å². The van der Waals surface area contributed by atoms with E-state index in [1.54, 1.807) is 36.4 Å². The van der Waals surface area contributed by atoms with Crippen molar-refractivity contribution in [2.75, 3.05) is 17.9 Å². The zero-order chi connectivity index (χ0) is 25.8. The van der Waals surface area contributed by atoms with Crippen LogP contribution in [0.2, 0.25) is 5.02 Å². The number of aromatic nitrogens is 3. The predicted molar refractivity (Wildman–Crippen MR) is 139 cm³/mol. The lowest BCUT2D eigenvalue weighted by atomic mass is 10.0. The third-order valence-corrected chi connectivity index (χ3v) is 6.92. The van der Waals surface area contributed by atoms with Crippen LogP contribution in [0.3, 0.4) is 0 Å². The van der Waals surface area contributed by atoms with Gasteiger partial charge in [-0.15, -0.1) is 10.2 Å². The Morgan fingerprint density at radius 3 is 2.64 bits per heavy atom. The van der Waals surface area contributed by atoms with Crippen LogP contribution in [0, 0.1) is 12.8 Å². The van der Waals surface area contributed by atoms with E-state index in [9.17, 15) is 9.59 Å². The van der Waals surface area contributed by atoms with Crippen molar-refractivity contribution in [3.8, 4) is 11.5 Å². The van der Waals surface area contributed by atoms with Crippen LogP contribution in [-0.2, 0) is 11.3 Å². The Morgan fingerprint density at radius 1 is 1.14 bits per heavy atom. The molecule has 0 bridgehead atoms. The standard InChI is InChI=1S/C25H28ClN5O4S/c1-5-31-23(22(14(2)3)28-24(33)16-6-9-19-20(11-16)35-13-34-19)29-30-25(31)36-12-21(32)27-18-8-7-17(26)10-15(18)4/h6-11,14,22H,5,12-13H2,1-4H3,(H,27,32)(H,28,33). The normalized spacial score (nSPS) is 13.1. The average Bonchev–Trinajstić information content (AvgIpc) is 3.48. The van der Waals surface area contributed by atoms with Crippen molar-refractivity contribution >= 4 is 40.9 Å². The molecule has 9 nitrogen and oxygen atoms in total. The number of rotatable bonds is 9. The molecule has 4 rings (SSSR count). The van der Waals surface area contributed by atoms with E-state index in [0.29, 0.717) is 45.3 Å². The molecule has 0 aliphatic carbocycles. The molecule has 2 aromatic carbocycles. The third kappa shape index (κ3) is 5.76. The maximum atomic E-state index is 13.0. The summed E-state index contributed by atoms with van der Waals surface area (Å²) < 4.78 is 12.6. The molecule has 11 heteroatoms. The molecule has 2 amide bonds. The smallest absolute Gasteiger partial charge is 0.252 e. The molecular formula is C25H28ClN5O4S. The fraction of sp³-hybridized carbons (Fsp3) is 0.360. The van der Waals surface area contributed by atoms with Crippen LogP contribution >= 0.6 is 23.4 Å². The molecule has 1 aromatic heterocycles. The van der Waals surface area contributed by atoms with Crippen molar-refractivity contribution in [2.24, 2.45) is 5.92 Å². The van der Waals surface area contributed by atoms with Crippen molar-refractivity contribution < 1.29 is 19.1 Å². The van der Waals surface area contributed by atoms with Gasteiger partial charge in [0, 0.05) is 22.8 Å². The molecule has 2 N–H and O–H groups in total. The summed E-state index contributed by atoms with van der Waals surface area (Å²) >= 11 is 7.29. The minimum absolute atomic E-state index is 0.0477. The fourth-order valence-electron chi connectivity index (χ4n) is 3.81. The summed E-state index contributed by atoms with van der Waals surface area (Å²) in [4.78, 5) is 25.6. The van der Waals surface area contributed by atoms with Crippen LogP contribution in [0.15, 0.2) is 41.6 Å². The molecule has 0 saturated heterocycles. The van der Waals surface area contributed by atoms with Gasteiger partial charge in [0.15, 0.2) is 22.5 Å². The maximum absolute atomic E-state index is 13.0. The van der Waals surface area contributed by atoms with Gasteiger partial charge in [-0.3, -0.25) is 9.59 Å². The van der Waals surface area contributed by atoms with Gasteiger partial charge in [0.1, 0.15) is 0 Å². The Morgan fingerprint density at radius 2 is 1.92 bits per heavy atom. The minimum Gasteiger partial charge on any atom is -0.454 e. The van der Waals surface area contributed by atoms with Crippen LogP contribution in [0.4, 0.5) is 5.69 Å². The summed E-state index contributed by atoms with van der Waals surface area (Å²) in [6, 6.07) is 10.0. The van der Waals surface area contributed by atoms with Gasteiger partial charge < -0.3 is 24.7 Å². The first-order valence-electron chi connectivity index (χ1n) is 11.6. The summed E-state index contributed by atoms with van der Waals surface area (Å²) in [6.07, 6.45) is 0. The van der Waals surface area contributed by atoms with Gasteiger partial charge in [-0.1, -0.05) is 37.2 Å².